The molecule has 2 heterocycles. The minimum Gasteiger partial charge on any atom is -0.355 e. The van der Waals surface area contributed by atoms with Gasteiger partial charge in [0.25, 0.3) is 0 Å². The van der Waals surface area contributed by atoms with Crippen molar-refractivity contribution in [2.75, 3.05) is 44.2 Å². The molecule has 1 aromatic heterocycles. The Morgan fingerprint density at radius 3 is 2.32 bits per heavy atom. The van der Waals surface area contributed by atoms with E-state index in [9.17, 15) is 4.79 Å². The summed E-state index contributed by atoms with van der Waals surface area (Å²) in [5, 5.41) is 4.07. The summed E-state index contributed by atoms with van der Waals surface area (Å²) in [7, 11) is 0. The van der Waals surface area contributed by atoms with Crippen molar-refractivity contribution in [3.8, 4) is 0 Å². The van der Waals surface area contributed by atoms with Gasteiger partial charge in [0.1, 0.15) is 5.82 Å². The van der Waals surface area contributed by atoms with E-state index in [1.807, 2.05) is 36.4 Å². The number of hydrogen-bond donors (Lipinski definition) is 1. The van der Waals surface area contributed by atoms with E-state index in [-0.39, 0.29) is 5.91 Å². The fourth-order valence-electron chi connectivity index (χ4n) is 3.73. The fraction of sp³-hybridized carbons (Fsp3) is 0.375. The summed E-state index contributed by atoms with van der Waals surface area (Å²) in [6.07, 6.45) is 2.11. The molecule has 0 radical (unpaired) electrons. The van der Waals surface area contributed by atoms with Gasteiger partial charge in [-0.1, -0.05) is 60.7 Å². The van der Waals surface area contributed by atoms with Crippen LogP contribution in [-0.4, -0.2) is 59.4 Å². The Balaban J connectivity index is 1.14. The molecule has 4 rings (SSSR count). The molecule has 162 valence electrons. The molecule has 2 aromatic carbocycles. The van der Waals surface area contributed by atoms with Crippen LogP contribution < -0.4 is 10.2 Å². The van der Waals surface area contributed by atoms with Crippen LogP contribution in [0.4, 0.5) is 5.13 Å². The number of carbonyl (C=O) groups is 1. The molecule has 1 aliphatic heterocycles. The normalized spacial score (nSPS) is 14.5. The van der Waals surface area contributed by atoms with Crippen LogP contribution in [0.2, 0.25) is 0 Å². The van der Waals surface area contributed by atoms with Crippen LogP contribution in [0.15, 0.2) is 60.7 Å². The maximum atomic E-state index is 12.1. The number of carbonyl (C=O) groups excluding carboxylic acids is 1. The van der Waals surface area contributed by atoms with E-state index in [0.717, 1.165) is 56.5 Å². The largest absolute Gasteiger partial charge is 0.355 e. The molecule has 1 aliphatic rings. The van der Waals surface area contributed by atoms with Crippen LogP contribution in [0.3, 0.4) is 0 Å². The molecule has 0 spiro atoms. The lowest BCUT2D eigenvalue weighted by atomic mass is 10.1. The number of nitrogens with one attached hydrogen (secondary N) is 1. The zero-order valence-corrected chi connectivity index (χ0v) is 18.6. The first-order chi connectivity index (χ1) is 15.3. The Labute approximate surface area is 188 Å². The van der Waals surface area contributed by atoms with Crippen LogP contribution in [0.25, 0.3) is 0 Å². The highest BCUT2D eigenvalue weighted by Gasteiger charge is 2.20. The van der Waals surface area contributed by atoms with Crippen LogP contribution in [0, 0.1) is 0 Å². The molecule has 0 saturated carbocycles. The molecule has 7 heteroatoms. The minimum atomic E-state index is 0.127. The van der Waals surface area contributed by atoms with E-state index in [0.29, 0.717) is 13.0 Å². The predicted octanol–water partition coefficient (Wildman–Crippen LogP) is 3.00. The topological polar surface area (TPSA) is 61.4 Å². The van der Waals surface area contributed by atoms with Crippen molar-refractivity contribution < 1.29 is 4.79 Å². The van der Waals surface area contributed by atoms with Crippen LogP contribution in [0.5, 0.6) is 0 Å². The number of rotatable bonds is 9. The Morgan fingerprint density at radius 2 is 1.61 bits per heavy atom. The standard InChI is InChI=1S/C24H29N5OS/c30-23(12-11-20-7-3-1-4-8-20)25-13-14-28-15-17-29(18-16-28)24-26-22(27-31-24)19-21-9-5-2-6-10-21/h1-10H,11-19H2,(H,25,30). The third-order valence-electron chi connectivity index (χ3n) is 5.54. The zero-order valence-electron chi connectivity index (χ0n) is 17.7. The summed E-state index contributed by atoms with van der Waals surface area (Å²) in [4.78, 5) is 21.5. The number of hydrogen-bond acceptors (Lipinski definition) is 6. The van der Waals surface area contributed by atoms with Gasteiger partial charge in [-0.3, -0.25) is 9.69 Å². The molecule has 1 saturated heterocycles. The minimum absolute atomic E-state index is 0.127. The van der Waals surface area contributed by atoms with Crippen molar-refractivity contribution in [3.05, 3.63) is 77.6 Å². The van der Waals surface area contributed by atoms with Gasteiger partial charge in [0.05, 0.1) is 0 Å². The Hall–Kier alpha value is -2.77. The van der Waals surface area contributed by atoms with E-state index < -0.39 is 0 Å². The number of benzene rings is 2. The van der Waals surface area contributed by atoms with Crippen molar-refractivity contribution in [2.24, 2.45) is 0 Å². The monoisotopic (exact) mass is 435 g/mol. The molecule has 31 heavy (non-hydrogen) atoms. The van der Waals surface area contributed by atoms with Gasteiger partial charge < -0.3 is 10.2 Å². The van der Waals surface area contributed by atoms with Crippen molar-refractivity contribution in [2.45, 2.75) is 19.3 Å². The van der Waals surface area contributed by atoms with E-state index in [1.165, 1.54) is 22.7 Å². The first-order valence-electron chi connectivity index (χ1n) is 10.9. The molecule has 1 amide bonds. The zero-order chi connectivity index (χ0) is 21.3. The van der Waals surface area contributed by atoms with Gasteiger partial charge in [0.15, 0.2) is 0 Å². The summed E-state index contributed by atoms with van der Waals surface area (Å²) < 4.78 is 4.54. The molecule has 3 aromatic rings. The van der Waals surface area contributed by atoms with Gasteiger partial charge in [0, 0.05) is 63.6 Å². The third kappa shape index (κ3) is 6.60. The maximum Gasteiger partial charge on any atom is 0.220 e. The van der Waals surface area contributed by atoms with E-state index in [2.05, 4.69) is 43.8 Å². The van der Waals surface area contributed by atoms with Gasteiger partial charge in [-0.15, -0.1) is 0 Å². The number of aromatic nitrogens is 2. The molecule has 1 fully saturated rings. The van der Waals surface area contributed by atoms with E-state index >= 15 is 0 Å². The van der Waals surface area contributed by atoms with Crippen molar-refractivity contribution >= 4 is 22.6 Å². The summed E-state index contributed by atoms with van der Waals surface area (Å²) in [6, 6.07) is 20.5. The lowest BCUT2D eigenvalue weighted by molar-refractivity contribution is -0.121. The lowest BCUT2D eigenvalue weighted by Crippen LogP contribution is -2.48. The molecule has 0 bridgehead atoms. The third-order valence-corrected chi connectivity index (χ3v) is 6.35. The van der Waals surface area contributed by atoms with Crippen LogP contribution in [0.1, 0.15) is 23.4 Å². The van der Waals surface area contributed by atoms with Crippen molar-refractivity contribution in [1.82, 2.24) is 19.6 Å². The lowest BCUT2D eigenvalue weighted by Gasteiger charge is -2.34. The van der Waals surface area contributed by atoms with Crippen LogP contribution in [-0.2, 0) is 17.6 Å². The summed E-state index contributed by atoms with van der Waals surface area (Å²) in [5.74, 6) is 1.02. The van der Waals surface area contributed by atoms with Gasteiger partial charge in [0.2, 0.25) is 11.0 Å². The molecule has 0 unspecified atom stereocenters. The first-order valence-corrected chi connectivity index (χ1v) is 11.7. The SMILES string of the molecule is O=C(CCc1ccccc1)NCCN1CCN(c2nc(Cc3ccccc3)ns2)CC1. The first kappa shape index (κ1) is 21.5. The molecule has 6 nitrogen and oxygen atoms in total. The average Bonchev–Trinajstić information content (AvgIpc) is 3.28. The highest BCUT2D eigenvalue weighted by molar-refractivity contribution is 7.09. The summed E-state index contributed by atoms with van der Waals surface area (Å²) in [6.45, 7) is 5.44. The number of piperazine rings is 1. The summed E-state index contributed by atoms with van der Waals surface area (Å²) >= 11 is 1.49. The maximum absolute atomic E-state index is 12.1. The second-order valence-electron chi connectivity index (χ2n) is 7.82. The second-order valence-corrected chi connectivity index (χ2v) is 8.55. The van der Waals surface area contributed by atoms with Crippen LogP contribution >= 0.6 is 11.5 Å². The number of nitrogens with zero attached hydrogens (tertiary/aromatic N) is 4. The highest BCUT2D eigenvalue weighted by atomic mass is 32.1. The molecular weight excluding hydrogens is 406 g/mol. The molecule has 0 aliphatic carbocycles. The van der Waals surface area contributed by atoms with Gasteiger partial charge in [-0.05, 0) is 17.5 Å². The Morgan fingerprint density at radius 1 is 0.935 bits per heavy atom. The smallest absolute Gasteiger partial charge is 0.220 e. The fourth-order valence-corrected chi connectivity index (χ4v) is 4.47. The Bertz CT molecular complexity index is 939. The van der Waals surface area contributed by atoms with Gasteiger partial charge >= 0.3 is 0 Å². The van der Waals surface area contributed by atoms with Crippen molar-refractivity contribution in [3.63, 3.8) is 0 Å². The second kappa shape index (κ2) is 11.0. The van der Waals surface area contributed by atoms with E-state index in [1.54, 1.807) is 0 Å². The molecule has 0 atom stereocenters. The predicted molar refractivity (Wildman–Crippen MR) is 126 cm³/mol. The van der Waals surface area contributed by atoms with Crippen molar-refractivity contribution in [1.29, 1.82) is 0 Å². The number of amides is 1. The Kier molecular flexibility index (Phi) is 7.63. The molecule has 1 N–H and O–H groups in total. The number of aryl methyl sites for hydroxylation is 1. The molecular formula is C24H29N5OS. The number of anilines is 1. The summed E-state index contributed by atoms with van der Waals surface area (Å²) in [5.41, 5.74) is 2.44. The highest BCUT2D eigenvalue weighted by Crippen LogP contribution is 2.20. The van der Waals surface area contributed by atoms with Gasteiger partial charge in [-0.2, -0.15) is 4.37 Å². The quantitative estimate of drug-likeness (QED) is 0.560. The van der Waals surface area contributed by atoms with Gasteiger partial charge in [-0.25, -0.2) is 4.98 Å². The average molecular weight is 436 g/mol. The van der Waals surface area contributed by atoms with E-state index in [4.69, 9.17) is 4.98 Å².